The molecule has 48 heavy (non-hydrogen) atoms. The predicted octanol–water partition coefficient (Wildman–Crippen LogP) is 11.6. The van der Waals surface area contributed by atoms with Gasteiger partial charge in [-0.25, -0.2) is 0 Å². The fourth-order valence-electron chi connectivity index (χ4n) is 8.63. The minimum atomic E-state index is -1.84. The van der Waals surface area contributed by atoms with Gasteiger partial charge in [0.05, 0.1) is 0 Å². The van der Waals surface area contributed by atoms with E-state index in [-0.39, 0.29) is 5.41 Å². The fourth-order valence-corrected chi connectivity index (χ4v) is 14.2. The van der Waals surface area contributed by atoms with Gasteiger partial charge in [0.2, 0.25) is 0 Å². The number of fused-ring (bicyclic) bond motifs is 11. The quantitative estimate of drug-likeness (QED) is 0.175. The van der Waals surface area contributed by atoms with Crippen molar-refractivity contribution in [1.82, 2.24) is 0 Å². The van der Waals surface area contributed by atoms with Crippen molar-refractivity contribution in [3.63, 3.8) is 0 Å². The number of rotatable bonds is 3. The van der Waals surface area contributed by atoms with Crippen molar-refractivity contribution in [1.29, 1.82) is 0 Å². The molecule has 230 valence electrons. The van der Waals surface area contributed by atoms with Crippen molar-refractivity contribution < 1.29 is 0 Å². The Morgan fingerprint density at radius 3 is 1.96 bits per heavy atom. The minimum Gasteiger partial charge on any atom is -0.310 e. The SMILES string of the molecule is CC1(C)c2cc(N(c3ccc4c(c3)-c3ccccc3-4)c3ccc4ccccc4c3)ccc2-c2c1ccc1c2Sc2ccccc2[Si]1(C)C. The van der Waals surface area contributed by atoms with Gasteiger partial charge in [0.15, 0.2) is 0 Å². The van der Waals surface area contributed by atoms with Crippen LogP contribution in [0.3, 0.4) is 0 Å². The van der Waals surface area contributed by atoms with E-state index in [0.29, 0.717) is 0 Å². The molecule has 0 spiro atoms. The van der Waals surface area contributed by atoms with Crippen LogP contribution < -0.4 is 15.3 Å². The molecule has 0 unspecified atom stereocenters. The van der Waals surface area contributed by atoms with Crippen LogP contribution in [-0.4, -0.2) is 8.07 Å². The van der Waals surface area contributed by atoms with Gasteiger partial charge in [0, 0.05) is 32.3 Å². The maximum Gasteiger partial charge on any atom is 0.115 e. The van der Waals surface area contributed by atoms with Gasteiger partial charge in [-0.15, -0.1) is 0 Å². The van der Waals surface area contributed by atoms with E-state index in [1.54, 1.807) is 10.4 Å². The van der Waals surface area contributed by atoms with Gasteiger partial charge in [-0.1, -0.05) is 136 Å². The molecule has 3 heteroatoms. The van der Waals surface area contributed by atoms with Gasteiger partial charge in [-0.3, -0.25) is 0 Å². The van der Waals surface area contributed by atoms with Crippen LogP contribution in [0.2, 0.25) is 13.1 Å². The first kappa shape index (κ1) is 28.2. The Morgan fingerprint density at radius 2 is 1.12 bits per heavy atom. The molecule has 0 saturated carbocycles. The molecular weight excluding hydrogens is 615 g/mol. The third-order valence-electron chi connectivity index (χ3n) is 11.2. The summed E-state index contributed by atoms with van der Waals surface area (Å²) in [7, 11) is -1.84. The maximum atomic E-state index is 2.52. The highest BCUT2D eigenvalue weighted by atomic mass is 32.2. The Kier molecular flexibility index (Phi) is 5.79. The van der Waals surface area contributed by atoms with Gasteiger partial charge < -0.3 is 4.90 Å². The van der Waals surface area contributed by atoms with Crippen molar-refractivity contribution >= 4 is 58.0 Å². The summed E-state index contributed by atoms with van der Waals surface area (Å²) in [5, 5.41) is 5.63. The van der Waals surface area contributed by atoms with Gasteiger partial charge in [0.25, 0.3) is 0 Å². The minimum absolute atomic E-state index is 0.118. The highest BCUT2D eigenvalue weighted by Gasteiger charge is 2.43. The Balaban J connectivity index is 1.16. The summed E-state index contributed by atoms with van der Waals surface area (Å²) in [4.78, 5) is 5.38. The zero-order valence-electron chi connectivity index (χ0n) is 27.6. The summed E-state index contributed by atoms with van der Waals surface area (Å²) < 4.78 is 0. The molecule has 0 bridgehead atoms. The Labute approximate surface area is 287 Å². The lowest BCUT2D eigenvalue weighted by molar-refractivity contribution is 0.660. The highest BCUT2D eigenvalue weighted by molar-refractivity contribution is 8.00. The van der Waals surface area contributed by atoms with Crippen LogP contribution in [0.25, 0.3) is 44.2 Å². The Morgan fingerprint density at radius 1 is 0.500 bits per heavy atom. The number of hydrogen-bond acceptors (Lipinski definition) is 2. The molecule has 1 nitrogen and oxygen atoms in total. The number of anilines is 3. The summed E-state index contributed by atoms with van der Waals surface area (Å²) in [5.74, 6) is 0. The zero-order chi connectivity index (χ0) is 32.4. The first-order chi connectivity index (χ1) is 23.3. The molecule has 0 N–H and O–H groups in total. The zero-order valence-corrected chi connectivity index (χ0v) is 29.5. The molecule has 7 aromatic carbocycles. The number of nitrogens with zero attached hydrogens (tertiary/aromatic N) is 1. The predicted molar refractivity (Wildman–Crippen MR) is 208 cm³/mol. The fraction of sp³-hybridized carbons (Fsp3) is 0.111. The molecule has 0 atom stereocenters. The van der Waals surface area contributed by atoms with Crippen molar-refractivity contribution in [2.24, 2.45) is 0 Å². The third kappa shape index (κ3) is 3.80. The van der Waals surface area contributed by atoms with E-state index in [1.807, 2.05) is 11.8 Å². The molecule has 0 fully saturated rings. The second-order valence-electron chi connectivity index (χ2n) is 14.6. The Bertz CT molecular complexity index is 2510. The van der Waals surface area contributed by atoms with E-state index in [1.165, 1.54) is 82.1 Å². The smallest absolute Gasteiger partial charge is 0.115 e. The topological polar surface area (TPSA) is 3.24 Å². The molecule has 0 aromatic heterocycles. The van der Waals surface area contributed by atoms with E-state index < -0.39 is 8.07 Å². The lowest BCUT2D eigenvalue weighted by Crippen LogP contribution is -2.56. The Hall–Kier alpha value is -4.83. The van der Waals surface area contributed by atoms with Crippen LogP contribution in [0.5, 0.6) is 0 Å². The molecule has 2 aliphatic carbocycles. The molecule has 10 rings (SSSR count). The number of benzene rings is 7. The van der Waals surface area contributed by atoms with Crippen molar-refractivity contribution in [3.05, 3.63) is 151 Å². The van der Waals surface area contributed by atoms with Crippen molar-refractivity contribution in [3.8, 4) is 33.4 Å². The normalized spacial score (nSPS) is 15.3. The van der Waals surface area contributed by atoms with Crippen LogP contribution in [0, 0.1) is 0 Å². The summed E-state index contributed by atoms with van der Waals surface area (Å²) in [6.45, 7) is 9.88. The summed E-state index contributed by atoms with van der Waals surface area (Å²) in [6, 6.07) is 52.6. The van der Waals surface area contributed by atoms with Crippen molar-refractivity contribution in [2.75, 3.05) is 4.90 Å². The van der Waals surface area contributed by atoms with E-state index in [4.69, 9.17) is 0 Å². The van der Waals surface area contributed by atoms with Crippen molar-refractivity contribution in [2.45, 2.75) is 42.1 Å². The largest absolute Gasteiger partial charge is 0.310 e. The third-order valence-corrected chi connectivity index (χ3v) is 16.4. The van der Waals surface area contributed by atoms with E-state index in [0.717, 1.165) is 0 Å². The van der Waals surface area contributed by atoms with Crippen LogP contribution in [0.15, 0.2) is 149 Å². The van der Waals surface area contributed by atoms with Crippen LogP contribution in [0.1, 0.15) is 25.0 Å². The van der Waals surface area contributed by atoms with E-state index in [2.05, 4.69) is 171 Å². The first-order valence-corrected chi connectivity index (χ1v) is 20.8. The van der Waals surface area contributed by atoms with Crippen LogP contribution >= 0.6 is 11.8 Å². The molecular formula is C45H35NSSi. The molecule has 0 amide bonds. The first-order valence-electron chi connectivity index (χ1n) is 16.9. The van der Waals surface area contributed by atoms with Gasteiger partial charge in [-0.2, -0.15) is 0 Å². The van der Waals surface area contributed by atoms with E-state index in [9.17, 15) is 0 Å². The van der Waals surface area contributed by atoms with Gasteiger partial charge >= 0.3 is 0 Å². The van der Waals surface area contributed by atoms with E-state index >= 15 is 0 Å². The molecule has 1 heterocycles. The molecule has 1 aliphatic heterocycles. The van der Waals surface area contributed by atoms with Crippen LogP contribution in [-0.2, 0) is 5.41 Å². The number of hydrogen-bond donors (Lipinski definition) is 0. The monoisotopic (exact) mass is 649 g/mol. The lowest BCUT2D eigenvalue weighted by atomic mass is 9.80. The highest BCUT2D eigenvalue weighted by Crippen LogP contribution is 2.55. The molecule has 0 saturated heterocycles. The second-order valence-corrected chi connectivity index (χ2v) is 20.0. The molecule has 0 radical (unpaired) electrons. The summed E-state index contributed by atoms with van der Waals surface area (Å²) >= 11 is 1.99. The second kappa shape index (κ2) is 9.85. The molecule has 7 aromatic rings. The molecule has 3 aliphatic rings. The standard InChI is InChI=1S/C45H35NSSi/c1-45(2)38-23-24-42-44(47-40-15-9-10-16-41(40)48(42,3)4)43(38)36-22-20-32(27-39(36)45)46(30-18-17-28-11-5-6-12-29(28)25-30)31-19-21-35-33-13-7-8-14-34(33)37(35)26-31/h5-27H,1-4H3. The average molecular weight is 650 g/mol. The van der Waals surface area contributed by atoms with Gasteiger partial charge in [0.1, 0.15) is 8.07 Å². The summed E-state index contributed by atoms with van der Waals surface area (Å²) in [5.41, 5.74) is 14.5. The lowest BCUT2D eigenvalue weighted by Gasteiger charge is -2.34. The summed E-state index contributed by atoms with van der Waals surface area (Å²) in [6.07, 6.45) is 0. The average Bonchev–Trinajstić information content (AvgIpc) is 3.33. The maximum absolute atomic E-state index is 2.52. The van der Waals surface area contributed by atoms with Crippen LogP contribution in [0.4, 0.5) is 17.1 Å². The van der Waals surface area contributed by atoms with Gasteiger partial charge in [-0.05, 0) is 108 Å².